The summed E-state index contributed by atoms with van der Waals surface area (Å²) in [6.07, 6.45) is -65.6. The summed E-state index contributed by atoms with van der Waals surface area (Å²) in [7, 11) is -4.33. The molecule has 14 bridgehead atoms. The van der Waals surface area contributed by atoms with Crippen molar-refractivity contribution < 1.29 is 176 Å². The summed E-state index contributed by atoms with van der Waals surface area (Å²) < 4.78 is 116. The fraction of sp³-hybridized carbons (Fsp3) is 1.00. The Hall–Kier alpha value is -1.41. The van der Waals surface area contributed by atoms with Gasteiger partial charge in [-0.25, -0.2) is 0 Å². The van der Waals surface area contributed by atoms with E-state index in [-0.39, 0.29) is 0 Å². The number of rotatable bonds is 9. The van der Waals surface area contributed by atoms with Crippen molar-refractivity contribution >= 4 is 10.1 Å². The predicted octanol–water partition coefficient (Wildman–Crippen LogP) is -14.2. The molecule has 0 spiro atoms. The number of hydrogen-bond acceptors (Lipinski definition) is 36. The number of aliphatic hydroxyl groups is 18. The highest BCUT2D eigenvalue weighted by Crippen LogP contribution is 2.44. The van der Waals surface area contributed by atoms with E-state index in [2.05, 4.69) is 0 Å². The molecule has 0 aliphatic carbocycles. The van der Waals surface area contributed by atoms with E-state index in [1.807, 2.05) is 0 Å². The Balaban J connectivity index is 1.00. The molecule has 0 aromatic carbocycles. The zero-order valence-electron chi connectivity index (χ0n) is 42.0. The number of epoxide rings is 1. The second-order valence-electron chi connectivity index (χ2n) is 20.5. The van der Waals surface area contributed by atoms with E-state index in [0.29, 0.717) is 6.26 Å². The van der Waals surface area contributed by atoms with Crippen molar-refractivity contribution in [1.82, 2.24) is 0 Å². The highest BCUT2D eigenvalue weighted by molar-refractivity contribution is 7.85. The zero-order chi connectivity index (χ0) is 58.0. The first-order valence-electron chi connectivity index (χ1n) is 25.5. The second-order valence-corrected chi connectivity index (χ2v) is 22.2. The SMILES string of the molecule is CS(=O)(=O)OC[C@H]1O[C@@H]2O[C@H]3[C@H](O)[C@@H](O)[C@@H](O[C@H]4[C@H](O)[C@@H](O)[C@@H](O[C@H]5[C@H](O)[C@@H](O)[C@@H](O[C@H]6[C@H](O)[C@@H](O)[C@@H](O[C@H]7[C@@H]8O[C@@H]8[C@@H](O[C@H]8[C@H](O)[C@@H](O)[C@@H](O[C@H]1[C@H](O)[C@H]2O)O[C@@H]8CO)O[C@@H]7CO)O[C@@H]6CO)O[C@@H]5CO)O[C@@H]4CO)O[C@@H]3CO. The molecule has 35 atom stereocenters. The van der Waals surface area contributed by atoms with Crippen LogP contribution in [-0.2, 0) is 85.4 Å². The lowest BCUT2D eigenvalue weighted by Crippen LogP contribution is -2.68. The fourth-order valence-corrected chi connectivity index (χ4v) is 11.2. The third kappa shape index (κ3) is 12.6. The van der Waals surface area contributed by atoms with Crippen LogP contribution in [-0.4, -0.2) is 368 Å². The fourth-order valence-electron chi connectivity index (χ4n) is 10.8. The first kappa shape index (κ1) is 63.1. The van der Waals surface area contributed by atoms with Crippen molar-refractivity contribution in [3.8, 4) is 0 Å². The van der Waals surface area contributed by atoms with Gasteiger partial charge in [0.2, 0.25) is 0 Å². The summed E-state index contributed by atoms with van der Waals surface area (Å²) in [5.74, 6) is 0. The lowest BCUT2D eigenvalue weighted by Gasteiger charge is -2.50. The summed E-state index contributed by atoms with van der Waals surface area (Å²) in [5.41, 5.74) is 0. The average Bonchev–Trinajstić information content (AvgIpc) is 4.32. The molecule has 464 valence electrons. The van der Waals surface area contributed by atoms with Gasteiger partial charge in [-0.05, 0) is 0 Å². The van der Waals surface area contributed by atoms with Crippen molar-refractivity contribution in [1.29, 1.82) is 0 Å². The molecule has 21 saturated heterocycles. The van der Waals surface area contributed by atoms with Gasteiger partial charge in [-0.3, -0.25) is 4.18 Å². The van der Waals surface area contributed by atoms with Crippen molar-refractivity contribution in [2.24, 2.45) is 0 Å². The Labute approximate surface area is 452 Å². The summed E-state index contributed by atoms with van der Waals surface area (Å²) >= 11 is 0. The quantitative estimate of drug-likeness (QED) is 0.0753. The molecule has 0 aromatic rings. The van der Waals surface area contributed by atoms with Crippen LogP contribution in [0.4, 0.5) is 0 Å². The summed E-state index contributed by atoms with van der Waals surface area (Å²) in [5, 5.41) is 199. The van der Waals surface area contributed by atoms with E-state index < -0.39 is 271 Å². The van der Waals surface area contributed by atoms with Crippen molar-refractivity contribution in [2.75, 3.05) is 52.5 Å². The van der Waals surface area contributed by atoms with E-state index in [0.717, 1.165) is 0 Å². The van der Waals surface area contributed by atoms with Gasteiger partial charge in [0, 0.05) is 0 Å². The summed E-state index contributed by atoms with van der Waals surface area (Å²) in [6, 6.07) is 0. The van der Waals surface area contributed by atoms with Crippen LogP contribution in [0.5, 0.6) is 0 Å². The predicted molar refractivity (Wildman–Crippen MR) is 239 cm³/mol. The van der Waals surface area contributed by atoms with Gasteiger partial charge < -0.3 is 163 Å². The van der Waals surface area contributed by atoms with Crippen LogP contribution in [0.25, 0.3) is 0 Å². The molecule has 21 rings (SSSR count). The van der Waals surface area contributed by atoms with Crippen LogP contribution in [0.2, 0.25) is 0 Å². The number of ether oxygens (including phenoxy) is 15. The molecule has 18 N–H and O–H groups in total. The second kappa shape index (κ2) is 25.9. The average molecular weight is 1200 g/mol. The third-order valence-corrected chi connectivity index (χ3v) is 15.8. The first-order chi connectivity index (χ1) is 38.0. The van der Waals surface area contributed by atoms with Crippen LogP contribution in [0.15, 0.2) is 0 Å². The highest BCUT2D eigenvalue weighted by atomic mass is 32.2. The topological polar surface area (TPSA) is 549 Å². The molecule has 0 unspecified atom stereocenters. The monoisotopic (exact) mass is 1190 g/mol. The Kier molecular flexibility index (Phi) is 20.4. The van der Waals surface area contributed by atoms with Crippen LogP contribution >= 0.6 is 0 Å². The third-order valence-electron chi connectivity index (χ3n) is 15.2. The molecule has 21 heterocycles. The maximum Gasteiger partial charge on any atom is 0.264 e. The van der Waals surface area contributed by atoms with Crippen molar-refractivity contribution in [2.45, 2.75) is 215 Å². The van der Waals surface area contributed by atoms with Gasteiger partial charge in [-0.15, -0.1) is 0 Å². The minimum absolute atomic E-state index is 0.640. The molecule has 0 saturated carbocycles. The van der Waals surface area contributed by atoms with Crippen LogP contribution in [0.3, 0.4) is 0 Å². The standard InChI is InChI=1S/C43H70O36S/c1-80(62,63)64-8-15-33-21(55)27(61)42(71-15)76-31-11(4-46)67-39(24(58)18(31)52)74-29-9(2-44)65-37(22(56)16(29)50)73-28-10(3-45)66-38(23(57)17(28)51)75-30-12(5-47)69-41(26(60)19(30)53)79-34-14(7-49)70-43(36-35(34)72-36)78-32-13(6-48)68-40(77-33)25(59)20(32)54/h9-61H,2-8H2,1H3/t9-,10-,11-,12-,13-,14-,15-,16-,17-,18-,19-,20-,21-,22-,23-,24-,25-,26-,27-,28-,29-,30-,31-,32-,33-,34-,35+,36+,37-,38-,39-,40-,41-,42-,43-/m1/s1. The summed E-state index contributed by atoms with van der Waals surface area (Å²) in [4.78, 5) is 0. The van der Waals surface area contributed by atoms with Gasteiger partial charge in [-0.1, -0.05) is 0 Å². The lowest BCUT2D eigenvalue weighted by molar-refractivity contribution is -0.396. The van der Waals surface area contributed by atoms with Gasteiger partial charge in [0.25, 0.3) is 10.1 Å². The van der Waals surface area contributed by atoms with Gasteiger partial charge >= 0.3 is 0 Å². The molecule has 37 heteroatoms. The van der Waals surface area contributed by atoms with Crippen LogP contribution < -0.4 is 0 Å². The molecule has 36 nitrogen and oxygen atoms in total. The maximum absolute atomic E-state index is 12.2. The van der Waals surface area contributed by atoms with Crippen LogP contribution in [0.1, 0.15) is 0 Å². The molecule has 0 radical (unpaired) electrons. The highest BCUT2D eigenvalue weighted by Gasteiger charge is 2.63. The Morgan fingerprint density at radius 1 is 0.263 bits per heavy atom. The minimum atomic E-state index is -4.33. The Morgan fingerprint density at radius 2 is 0.475 bits per heavy atom. The van der Waals surface area contributed by atoms with Crippen LogP contribution in [0, 0.1) is 0 Å². The minimum Gasteiger partial charge on any atom is -0.394 e. The number of hydrogen-bond donors (Lipinski definition) is 18. The molecule has 21 aliphatic heterocycles. The van der Waals surface area contributed by atoms with Gasteiger partial charge in [0.05, 0.1) is 52.5 Å². The Bertz CT molecular complexity index is 2100. The molecule has 21 fully saturated rings. The molecular weight excluding hydrogens is 1120 g/mol. The van der Waals surface area contributed by atoms with E-state index in [4.69, 9.17) is 75.2 Å². The van der Waals surface area contributed by atoms with Crippen molar-refractivity contribution in [3.63, 3.8) is 0 Å². The Morgan fingerprint density at radius 3 is 0.738 bits per heavy atom. The molecular formula is C43H70O36S. The van der Waals surface area contributed by atoms with Gasteiger partial charge in [-0.2, -0.15) is 8.42 Å². The maximum atomic E-state index is 12.2. The lowest BCUT2D eigenvalue weighted by atomic mass is 9.95. The van der Waals surface area contributed by atoms with E-state index in [9.17, 15) is 100 Å². The molecule has 80 heavy (non-hydrogen) atoms. The number of aliphatic hydroxyl groups excluding tert-OH is 18. The normalized spacial score (nSPS) is 54.3. The van der Waals surface area contributed by atoms with E-state index in [1.165, 1.54) is 0 Å². The smallest absolute Gasteiger partial charge is 0.264 e. The zero-order valence-corrected chi connectivity index (χ0v) is 42.8. The van der Waals surface area contributed by atoms with Gasteiger partial charge in [0.1, 0.15) is 171 Å². The molecule has 21 aliphatic rings. The first-order valence-corrected chi connectivity index (χ1v) is 27.3. The number of fused-ring (bicyclic) bond motifs is 1. The summed E-state index contributed by atoms with van der Waals surface area (Å²) in [6.45, 7) is -7.00. The molecule has 0 amide bonds. The van der Waals surface area contributed by atoms with E-state index >= 15 is 0 Å². The largest absolute Gasteiger partial charge is 0.394 e. The van der Waals surface area contributed by atoms with Gasteiger partial charge in [0.15, 0.2) is 44.0 Å². The van der Waals surface area contributed by atoms with E-state index in [1.54, 1.807) is 0 Å². The molecule has 0 aromatic heterocycles. The van der Waals surface area contributed by atoms with Crippen molar-refractivity contribution in [3.05, 3.63) is 0 Å².